The molecule has 0 aliphatic carbocycles. The van der Waals surface area contributed by atoms with Crippen LogP contribution in [0.5, 0.6) is 5.75 Å². The molecule has 0 atom stereocenters. The number of hydrogen-bond donors (Lipinski definition) is 1. The van der Waals surface area contributed by atoms with Gasteiger partial charge in [-0.2, -0.15) is 0 Å². The Kier molecular flexibility index (Phi) is 4.73. The number of nitro benzene ring substituents is 1. The molecule has 0 saturated heterocycles. The zero-order valence-electron chi connectivity index (χ0n) is 11.0. The monoisotopic (exact) mass is 398 g/mol. The molecule has 1 N–H and O–H groups in total. The lowest BCUT2D eigenvalue weighted by atomic mass is 10.1. The Balaban J connectivity index is 2.28. The third-order valence-electron chi connectivity index (χ3n) is 2.76. The number of methoxy groups -OCH3 is 1. The molecule has 108 valence electrons. The van der Waals surface area contributed by atoms with E-state index in [9.17, 15) is 14.9 Å². The van der Waals surface area contributed by atoms with Crippen LogP contribution in [0.1, 0.15) is 10.4 Å². The molecule has 7 heteroatoms. The summed E-state index contributed by atoms with van der Waals surface area (Å²) in [6.45, 7) is 0. The van der Waals surface area contributed by atoms with E-state index >= 15 is 0 Å². The van der Waals surface area contributed by atoms with Crippen LogP contribution in [-0.4, -0.2) is 17.9 Å². The SMILES string of the molecule is COc1cc(C(=O)Nc2ccccc2I)ccc1[N+](=O)[O-]. The predicted molar refractivity (Wildman–Crippen MR) is 86.8 cm³/mol. The minimum atomic E-state index is -0.555. The number of ether oxygens (including phenoxy) is 1. The number of hydrogen-bond acceptors (Lipinski definition) is 4. The van der Waals surface area contributed by atoms with E-state index in [1.54, 1.807) is 6.07 Å². The number of benzene rings is 2. The van der Waals surface area contributed by atoms with Gasteiger partial charge in [0.1, 0.15) is 0 Å². The number of nitrogens with zero attached hydrogens (tertiary/aromatic N) is 1. The first-order valence-electron chi connectivity index (χ1n) is 5.91. The van der Waals surface area contributed by atoms with E-state index in [4.69, 9.17) is 4.74 Å². The van der Waals surface area contributed by atoms with Gasteiger partial charge in [-0.25, -0.2) is 0 Å². The summed E-state index contributed by atoms with van der Waals surface area (Å²) in [5.41, 5.74) is 0.792. The quantitative estimate of drug-likeness (QED) is 0.486. The summed E-state index contributed by atoms with van der Waals surface area (Å²) >= 11 is 2.11. The number of nitrogens with one attached hydrogen (secondary N) is 1. The van der Waals surface area contributed by atoms with Crippen LogP contribution in [0.2, 0.25) is 0 Å². The largest absolute Gasteiger partial charge is 0.490 e. The van der Waals surface area contributed by atoms with Crippen molar-refractivity contribution in [2.75, 3.05) is 12.4 Å². The zero-order valence-corrected chi connectivity index (χ0v) is 13.2. The normalized spacial score (nSPS) is 10.0. The van der Waals surface area contributed by atoms with Gasteiger partial charge >= 0.3 is 5.69 Å². The summed E-state index contributed by atoms with van der Waals surface area (Å²) < 4.78 is 5.85. The number of halogens is 1. The van der Waals surface area contributed by atoms with Crippen molar-refractivity contribution in [1.82, 2.24) is 0 Å². The highest BCUT2D eigenvalue weighted by Gasteiger charge is 2.17. The van der Waals surface area contributed by atoms with E-state index in [1.165, 1.54) is 25.3 Å². The maximum Gasteiger partial charge on any atom is 0.310 e. The fourth-order valence-corrected chi connectivity index (χ4v) is 2.25. The number of carbonyl (C=O) groups is 1. The highest BCUT2D eigenvalue weighted by atomic mass is 127. The van der Waals surface area contributed by atoms with E-state index in [0.717, 1.165) is 3.57 Å². The van der Waals surface area contributed by atoms with Crippen LogP contribution in [0.15, 0.2) is 42.5 Å². The molecule has 2 aromatic rings. The first-order valence-corrected chi connectivity index (χ1v) is 6.99. The number of amides is 1. The first-order chi connectivity index (χ1) is 10.0. The van der Waals surface area contributed by atoms with Gasteiger partial charge in [0, 0.05) is 21.3 Å². The predicted octanol–water partition coefficient (Wildman–Crippen LogP) is 3.46. The molecule has 0 saturated carbocycles. The van der Waals surface area contributed by atoms with Crippen molar-refractivity contribution in [2.45, 2.75) is 0 Å². The molecule has 0 fully saturated rings. The van der Waals surface area contributed by atoms with Crippen LogP contribution in [0.25, 0.3) is 0 Å². The zero-order chi connectivity index (χ0) is 15.4. The van der Waals surface area contributed by atoms with Crippen LogP contribution in [0.4, 0.5) is 11.4 Å². The second-order valence-corrected chi connectivity index (χ2v) is 5.24. The van der Waals surface area contributed by atoms with Crippen molar-refractivity contribution >= 4 is 39.9 Å². The molecular formula is C14H11IN2O4. The van der Waals surface area contributed by atoms with Crippen molar-refractivity contribution in [1.29, 1.82) is 0 Å². The van der Waals surface area contributed by atoms with Gasteiger partial charge in [-0.3, -0.25) is 14.9 Å². The molecule has 0 heterocycles. The lowest BCUT2D eigenvalue weighted by molar-refractivity contribution is -0.385. The van der Waals surface area contributed by atoms with Crippen LogP contribution in [0, 0.1) is 13.7 Å². The Labute approximate surface area is 134 Å². The van der Waals surface area contributed by atoms with Gasteiger partial charge in [-0.05, 0) is 40.8 Å². The first kappa shape index (κ1) is 15.2. The Morgan fingerprint density at radius 3 is 2.62 bits per heavy atom. The minimum absolute atomic E-state index is 0.0513. The topological polar surface area (TPSA) is 81.5 Å². The highest BCUT2D eigenvalue weighted by Crippen LogP contribution is 2.28. The van der Waals surface area contributed by atoms with Gasteiger partial charge in [0.15, 0.2) is 5.75 Å². The van der Waals surface area contributed by atoms with E-state index in [2.05, 4.69) is 27.9 Å². The van der Waals surface area contributed by atoms with Gasteiger partial charge < -0.3 is 10.1 Å². The molecule has 0 aliphatic rings. The lowest BCUT2D eigenvalue weighted by Gasteiger charge is -2.08. The summed E-state index contributed by atoms with van der Waals surface area (Å²) in [6.07, 6.45) is 0. The summed E-state index contributed by atoms with van der Waals surface area (Å²) in [7, 11) is 1.32. The summed E-state index contributed by atoms with van der Waals surface area (Å²) in [5, 5.41) is 13.6. The second-order valence-electron chi connectivity index (χ2n) is 4.08. The standard InChI is InChI=1S/C14H11IN2O4/c1-21-13-8-9(6-7-12(13)17(19)20)14(18)16-11-5-3-2-4-10(11)15/h2-8H,1H3,(H,16,18). The van der Waals surface area contributed by atoms with Crippen molar-refractivity contribution in [2.24, 2.45) is 0 Å². The van der Waals surface area contributed by atoms with Crippen LogP contribution in [-0.2, 0) is 0 Å². The molecule has 2 rings (SSSR count). The molecule has 1 amide bonds. The molecule has 0 aromatic heterocycles. The van der Waals surface area contributed by atoms with Crippen molar-refractivity contribution in [3.8, 4) is 5.75 Å². The Morgan fingerprint density at radius 1 is 1.29 bits per heavy atom. The number of para-hydroxylation sites is 1. The molecule has 21 heavy (non-hydrogen) atoms. The molecule has 0 unspecified atom stereocenters. The number of anilines is 1. The molecule has 0 spiro atoms. The van der Waals surface area contributed by atoms with Gasteiger partial charge in [0.25, 0.3) is 5.91 Å². The molecular weight excluding hydrogens is 387 g/mol. The summed E-state index contributed by atoms with van der Waals surface area (Å²) in [5.74, 6) is -0.303. The fourth-order valence-electron chi connectivity index (χ4n) is 1.73. The van der Waals surface area contributed by atoms with E-state index in [1.807, 2.05) is 18.2 Å². The molecule has 2 aromatic carbocycles. The van der Waals surface area contributed by atoms with Crippen LogP contribution < -0.4 is 10.1 Å². The van der Waals surface area contributed by atoms with E-state index in [0.29, 0.717) is 5.69 Å². The maximum atomic E-state index is 12.2. The van der Waals surface area contributed by atoms with Crippen LogP contribution >= 0.6 is 22.6 Å². The third-order valence-corrected chi connectivity index (χ3v) is 3.70. The molecule has 6 nitrogen and oxygen atoms in total. The van der Waals surface area contributed by atoms with Gasteiger partial charge in [-0.15, -0.1) is 0 Å². The lowest BCUT2D eigenvalue weighted by Crippen LogP contribution is -2.13. The Morgan fingerprint density at radius 2 is 2.00 bits per heavy atom. The van der Waals surface area contributed by atoms with Gasteiger partial charge in [0.05, 0.1) is 17.7 Å². The summed E-state index contributed by atoms with van der Waals surface area (Å²) in [6, 6.07) is 11.3. The van der Waals surface area contributed by atoms with Crippen molar-refractivity contribution in [3.63, 3.8) is 0 Å². The Bertz CT molecular complexity index is 703. The van der Waals surface area contributed by atoms with E-state index in [-0.39, 0.29) is 22.9 Å². The number of rotatable bonds is 4. The van der Waals surface area contributed by atoms with Gasteiger partial charge in [0.2, 0.25) is 0 Å². The van der Waals surface area contributed by atoms with E-state index < -0.39 is 4.92 Å². The summed E-state index contributed by atoms with van der Waals surface area (Å²) in [4.78, 5) is 22.4. The number of carbonyl (C=O) groups excluding carboxylic acids is 1. The van der Waals surface area contributed by atoms with Gasteiger partial charge in [-0.1, -0.05) is 12.1 Å². The third kappa shape index (κ3) is 3.48. The Hall–Kier alpha value is -2.16. The maximum absolute atomic E-state index is 12.2. The number of nitro groups is 1. The molecule has 0 bridgehead atoms. The van der Waals surface area contributed by atoms with Crippen molar-refractivity contribution < 1.29 is 14.5 Å². The van der Waals surface area contributed by atoms with Crippen LogP contribution in [0.3, 0.4) is 0 Å². The fraction of sp³-hybridized carbons (Fsp3) is 0.0714. The second kappa shape index (κ2) is 6.53. The molecule has 0 radical (unpaired) electrons. The average molecular weight is 398 g/mol. The minimum Gasteiger partial charge on any atom is -0.490 e. The van der Waals surface area contributed by atoms with Crippen molar-refractivity contribution in [3.05, 3.63) is 61.7 Å². The average Bonchev–Trinajstić information content (AvgIpc) is 2.48. The highest BCUT2D eigenvalue weighted by molar-refractivity contribution is 14.1. The molecule has 0 aliphatic heterocycles. The smallest absolute Gasteiger partial charge is 0.310 e.